The first-order chi connectivity index (χ1) is 9.72. The van der Waals surface area contributed by atoms with Crippen molar-refractivity contribution in [3.63, 3.8) is 0 Å². The van der Waals surface area contributed by atoms with E-state index in [4.69, 9.17) is 18.0 Å². The number of pyridine rings is 1. The minimum atomic E-state index is 0.342. The third-order valence-corrected chi connectivity index (χ3v) is 3.51. The van der Waals surface area contributed by atoms with Crippen LogP contribution >= 0.6 is 12.2 Å². The number of aryl methyl sites for hydroxylation is 1. The molecule has 3 rings (SSSR count). The molecule has 1 aromatic carbocycles. The van der Waals surface area contributed by atoms with E-state index in [1.54, 1.807) is 12.4 Å². The zero-order chi connectivity index (χ0) is 14.1. The van der Waals surface area contributed by atoms with Crippen LogP contribution in [0, 0.1) is 0 Å². The Morgan fingerprint density at radius 3 is 2.85 bits per heavy atom. The van der Waals surface area contributed by atoms with Gasteiger partial charge in [0.05, 0.1) is 16.8 Å². The lowest BCUT2D eigenvalue weighted by atomic mass is 10.1. The molecule has 0 saturated carbocycles. The van der Waals surface area contributed by atoms with Gasteiger partial charge in [-0.3, -0.25) is 4.98 Å². The first kappa shape index (κ1) is 12.7. The van der Waals surface area contributed by atoms with E-state index in [-0.39, 0.29) is 0 Å². The second kappa shape index (κ2) is 5.02. The quantitative estimate of drug-likeness (QED) is 0.750. The van der Waals surface area contributed by atoms with Crippen LogP contribution in [0.4, 0.5) is 0 Å². The molecule has 3 aromatic rings. The normalized spacial score (nSPS) is 10.8. The molecule has 20 heavy (non-hydrogen) atoms. The molecule has 4 nitrogen and oxygen atoms in total. The number of nitrogens with two attached hydrogens (primary N) is 1. The Hall–Kier alpha value is -2.27. The van der Waals surface area contributed by atoms with E-state index in [0.29, 0.717) is 4.99 Å². The lowest BCUT2D eigenvalue weighted by Crippen LogP contribution is -2.15. The fraction of sp³-hybridized carbons (Fsp3) is 0.133. The highest BCUT2D eigenvalue weighted by atomic mass is 32.1. The molecular weight excluding hydrogens is 268 g/mol. The number of imidazole rings is 1. The number of nitrogens with zero attached hydrogens (tertiary/aromatic N) is 3. The number of benzene rings is 1. The fourth-order valence-electron chi connectivity index (χ4n) is 2.37. The molecular formula is C15H14N4S. The summed E-state index contributed by atoms with van der Waals surface area (Å²) in [7, 11) is 0. The average molecular weight is 282 g/mol. The van der Waals surface area contributed by atoms with Crippen molar-refractivity contribution in [3.05, 3.63) is 54.2 Å². The molecule has 0 spiro atoms. The van der Waals surface area contributed by atoms with Crippen molar-refractivity contribution in [1.82, 2.24) is 14.5 Å². The third kappa shape index (κ3) is 1.96. The third-order valence-electron chi connectivity index (χ3n) is 3.29. The van der Waals surface area contributed by atoms with Crippen LogP contribution < -0.4 is 5.73 Å². The smallest absolute Gasteiger partial charge is 0.112 e. The summed E-state index contributed by atoms with van der Waals surface area (Å²) >= 11 is 5.17. The first-order valence-electron chi connectivity index (χ1n) is 6.42. The van der Waals surface area contributed by atoms with E-state index in [0.717, 1.165) is 34.4 Å². The molecule has 2 aromatic heterocycles. The van der Waals surface area contributed by atoms with Crippen LogP contribution in [0.15, 0.2) is 42.9 Å². The monoisotopic (exact) mass is 282 g/mol. The van der Waals surface area contributed by atoms with Gasteiger partial charge in [0, 0.05) is 30.4 Å². The minimum Gasteiger partial charge on any atom is -0.389 e. The van der Waals surface area contributed by atoms with Crippen LogP contribution in [0.1, 0.15) is 18.3 Å². The van der Waals surface area contributed by atoms with Gasteiger partial charge in [0.15, 0.2) is 0 Å². The van der Waals surface area contributed by atoms with Crippen molar-refractivity contribution in [3.8, 4) is 5.69 Å². The molecule has 0 aliphatic rings. The highest BCUT2D eigenvalue weighted by Crippen LogP contribution is 2.25. The van der Waals surface area contributed by atoms with Gasteiger partial charge in [-0.1, -0.05) is 37.3 Å². The Kier molecular flexibility index (Phi) is 3.20. The molecule has 0 unspecified atom stereocenters. The predicted molar refractivity (Wildman–Crippen MR) is 84.1 cm³/mol. The molecule has 0 radical (unpaired) electrons. The Balaban J connectivity index is 2.42. The van der Waals surface area contributed by atoms with Gasteiger partial charge in [-0.05, 0) is 6.07 Å². The Labute approximate surface area is 122 Å². The van der Waals surface area contributed by atoms with E-state index in [2.05, 4.69) is 16.9 Å². The van der Waals surface area contributed by atoms with E-state index in [9.17, 15) is 0 Å². The lowest BCUT2D eigenvalue weighted by molar-refractivity contribution is 0.893. The van der Waals surface area contributed by atoms with Crippen LogP contribution in [0.2, 0.25) is 0 Å². The number of rotatable bonds is 3. The highest BCUT2D eigenvalue weighted by Gasteiger charge is 2.14. The van der Waals surface area contributed by atoms with Crippen molar-refractivity contribution in [2.75, 3.05) is 0 Å². The zero-order valence-electron chi connectivity index (χ0n) is 11.1. The second-order valence-electron chi connectivity index (χ2n) is 4.47. The average Bonchev–Trinajstić information content (AvgIpc) is 2.93. The first-order valence-corrected chi connectivity index (χ1v) is 6.83. The van der Waals surface area contributed by atoms with Crippen LogP contribution in [0.5, 0.6) is 0 Å². The summed E-state index contributed by atoms with van der Waals surface area (Å²) in [5.74, 6) is 0.971. The van der Waals surface area contributed by atoms with Crippen molar-refractivity contribution in [1.29, 1.82) is 0 Å². The van der Waals surface area contributed by atoms with E-state index >= 15 is 0 Å². The van der Waals surface area contributed by atoms with Crippen LogP contribution in [-0.4, -0.2) is 19.5 Å². The van der Waals surface area contributed by atoms with Gasteiger partial charge in [-0.15, -0.1) is 0 Å². The summed E-state index contributed by atoms with van der Waals surface area (Å²) in [5, 5.41) is 1.02. The zero-order valence-corrected chi connectivity index (χ0v) is 11.9. The second-order valence-corrected chi connectivity index (χ2v) is 4.91. The summed E-state index contributed by atoms with van der Waals surface area (Å²) in [6, 6.07) is 7.96. The van der Waals surface area contributed by atoms with Crippen LogP contribution in [-0.2, 0) is 6.42 Å². The van der Waals surface area contributed by atoms with Gasteiger partial charge in [0.2, 0.25) is 0 Å². The maximum absolute atomic E-state index is 5.86. The summed E-state index contributed by atoms with van der Waals surface area (Å²) in [6.07, 6.45) is 6.29. The van der Waals surface area contributed by atoms with Gasteiger partial charge >= 0.3 is 0 Å². The number of hydrogen-bond donors (Lipinski definition) is 1. The number of hydrogen-bond acceptors (Lipinski definition) is 3. The Morgan fingerprint density at radius 2 is 2.10 bits per heavy atom. The molecule has 0 fully saturated rings. The van der Waals surface area contributed by atoms with Crippen LogP contribution in [0.25, 0.3) is 16.6 Å². The molecule has 100 valence electrons. The van der Waals surface area contributed by atoms with Gasteiger partial charge in [0.25, 0.3) is 0 Å². The standard InChI is InChI=1S/C15H14N4S/c1-2-13-17-7-8-19(13)14-10-5-3-4-6-12(10)18-9-11(14)15(16)20/h3-9H,2H2,1H3,(H2,16,20). The van der Waals surface area contributed by atoms with Crippen molar-refractivity contribution < 1.29 is 0 Å². The number of fused-ring (bicyclic) bond motifs is 1. The molecule has 2 N–H and O–H groups in total. The Morgan fingerprint density at radius 1 is 1.30 bits per heavy atom. The number of thiocarbonyl (C=S) groups is 1. The van der Waals surface area contributed by atoms with Gasteiger partial charge in [-0.2, -0.15) is 0 Å². The fourth-order valence-corrected chi connectivity index (χ4v) is 2.52. The van der Waals surface area contributed by atoms with E-state index in [1.165, 1.54) is 0 Å². The molecule has 0 amide bonds. The molecule has 0 aliphatic carbocycles. The number of aromatic nitrogens is 3. The molecule has 2 heterocycles. The lowest BCUT2D eigenvalue weighted by Gasteiger charge is -2.14. The SMILES string of the molecule is CCc1nccn1-c1c(C(N)=S)cnc2ccccc12. The summed E-state index contributed by atoms with van der Waals surface area (Å²) in [5.41, 5.74) is 8.50. The summed E-state index contributed by atoms with van der Waals surface area (Å²) in [4.78, 5) is 9.15. The maximum atomic E-state index is 5.86. The molecule has 0 saturated heterocycles. The van der Waals surface area contributed by atoms with Gasteiger partial charge in [0.1, 0.15) is 10.8 Å². The largest absolute Gasteiger partial charge is 0.389 e. The maximum Gasteiger partial charge on any atom is 0.112 e. The molecule has 0 bridgehead atoms. The van der Waals surface area contributed by atoms with Crippen molar-refractivity contribution in [2.24, 2.45) is 5.73 Å². The van der Waals surface area contributed by atoms with Gasteiger partial charge in [-0.25, -0.2) is 4.98 Å². The number of para-hydroxylation sites is 1. The predicted octanol–water partition coefficient (Wildman–Crippen LogP) is 2.62. The van der Waals surface area contributed by atoms with Gasteiger partial charge < -0.3 is 10.3 Å². The molecule has 0 aliphatic heterocycles. The minimum absolute atomic E-state index is 0.342. The molecule has 0 atom stereocenters. The summed E-state index contributed by atoms with van der Waals surface area (Å²) in [6.45, 7) is 2.07. The molecule has 5 heteroatoms. The van der Waals surface area contributed by atoms with E-state index < -0.39 is 0 Å². The highest BCUT2D eigenvalue weighted by molar-refractivity contribution is 7.80. The van der Waals surface area contributed by atoms with Crippen molar-refractivity contribution in [2.45, 2.75) is 13.3 Å². The van der Waals surface area contributed by atoms with Crippen molar-refractivity contribution >= 4 is 28.1 Å². The van der Waals surface area contributed by atoms with E-state index in [1.807, 2.05) is 35.0 Å². The van der Waals surface area contributed by atoms with Crippen LogP contribution in [0.3, 0.4) is 0 Å². The Bertz CT molecular complexity index is 791. The summed E-state index contributed by atoms with van der Waals surface area (Å²) < 4.78 is 2.04. The topological polar surface area (TPSA) is 56.7 Å².